The molecule has 0 radical (unpaired) electrons. The maximum Gasteiger partial charge on any atom is 0.306 e. The molecule has 30 heavy (non-hydrogen) atoms. The van der Waals surface area contributed by atoms with Gasteiger partial charge in [0.05, 0.1) is 17.7 Å². The zero-order valence-electron chi connectivity index (χ0n) is 17.0. The predicted octanol–water partition coefficient (Wildman–Crippen LogP) is 4.49. The minimum atomic E-state index is -0.554. The van der Waals surface area contributed by atoms with E-state index in [-0.39, 0.29) is 30.0 Å². The molecule has 2 aromatic heterocycles. The van der Waals surface area contributed by atoms with Gasteiger partial charge < -0.3 is 13.7 Å². The molecule has 0 fully saturated rings. The number of esters is 1. The van der Waals surface area contributed by atoms with Gasteiger partial charge in [0.15, 0.2) is 6.61 Å². The van der Waals surface area contributed by atoms with Gasteiger partial charge in [0, 0.05) is 17.9 Å². The van der Waals surface area contributed by atoms with Crippen molar-refractivity contribution in [3.05, 3.63) is 59.7 Å². The third kappa shape index (κ3) is 5.56. The Bertz CT molecular complexity index is 1030. The maximum atomic E-state index is 13.8. The molecule has 0 bridgehead atoms. The Balaban J connectivity index is 1.43. The Morgan fingerprint density at radius 1 is 1.17 bits per heavy atom. The molecule has 0 spiro atoms. The van der Waals surface area contributed by atoms with Gasteiger partial charge in [-0.3, -0.25) is 14.9 Å². The molecule has 0 aliphatic rings. The number of nitrogens with zero attached hydrogens (tertiary/aromatic N) is 1. The average molecular weight is 414 g/mol. The molecular formula is C22H23FN2O5. The van der Waals surface area contributed by atoms with E-state index in [2.05, 4.69) is 10.5 Å². The molecule has 2 heterocycles. The minimum absolute atomic E-state index is 0.0218. The van der Waals surface area contributed by atoms with Crippen molar-refractivity contribution in [2.75, 3.05) is 11.9 Å². The summed E-state index contributed by atoms with van der Waals surface area (Å²) in [6, 6.07) is 11.2. The van der Waals surface area contributed by atoms with Crippen molar-refractivity contribution >= 4 is 17.8 Å². The molecule has 3 aromatic rings. The van der Waals surface area contributed by atoms with E-state index in [9.17, 15) is 14.0 Å². The van der Waals surface area contributed by atoms with Crippen molar-refractivity contribution in [1.82, 2.24) is 5.16 Å². The number of aryl methyl sites for hydroxylation is 1. The van der Waals surface area contributed by atoms with Crippen LogP contribution in [0.5, 0.6) is 0 Å². The molecule has 1 amide bonds. The number of carbonyl (C=O) groups excluding carboxylic acids is 2. The number of furan rings is 1. The van der Waals surface area contributed by atoms with Crippen LogP contribution in [0.2, 0.25) is 0 Å². The quantitative estimate of drug-likeness (QED) is 0.573. The highest BCUT2D eigenvalue weighted by Crippen LogP contribution is 2.25. The number of hydrogen-bond donors (Lipinski definition) is 1. The largest absolute Gasteiger partial charge is 0.461 e. The topological polar surface area (TPSA) is 94.6 Å². The molecule has 1 aromatic carbocycles. The molecule has 0 saturated carbocycles. The van der Waals surface area contributed by atoms with Crippen LogP contribution in [0.3, 0.4) is 0 Å². The monoisotopic (exact) mass is 414 g/mol. The number of benzene rings is 1. The molecule has 158 valence electrons. The van der Waals surface area contributed by atoms with Crippen molar-refractivity contribution in [3.8, 4) is 11.3 Å². The molecule has 0 aliphatic heterocycles. The summed E-state index contributed by atoms with van der Waals surface area (Å²) in [6.07, 6.45) is 0.292. The zero-order valence-corrected chi connectivity index (χ0v) is 17.0. The van der Waals surface area contributed by atoms with Crippen molar-refractivity contribution in [2.24, 2.45) is 0 Å². The zero-order chi connectivity index (χ0) is 21.7. The van der Waals surface area contributed by atoms with Crippen molar-refractivity contribution in [1.29, 1.82) is 0 Å². The first-order valence-corrected chi connectivity index (χ1v) is 9.48. The summed E-state index contributed by atoms with van der Waals surface area (Å²) in [5, 5.41) is 6.39. The second-order valence-electron chi connectivity index (χ2n) is 7.78. The molecule has 0 aliphatic carbocycles. The molecule has 0 atom stereocenters. The summed E-state index contributed by atoms with van der Waals surface area (Å²) >= 11 is 0. The highest BCUT2D eigenvalue weighted by atomic mass is 19.1. The smallest absolute Gasteiger partial charge is 0.306 e. The Labute approximate surface area is 173 Å². The summed E-state index contributed by atoms with van der Waals surface area (Å²) in [5.41, 5.74) is 0.838. The van der Waals surface area contributed by atoms with Crippen LogP contribution in [0, 0.1) is 5.82 Å². The van der Waals surface area contributed by atoms with E-state index in [1.165, 1.54) is 6.07 Å². The van der Waals surface area contributed by atoms with Crippen molar-refractivity contribution in [2.45, 2.75) is 39.0 Å². The normalized spacial score (nSPS) is 11.3. The summed E-state index contributed by atoms with van der Waals surface area (Å²) in [6.45, 7) is 5.46. The van der Waals surface area contributed by atoms with E-state index in [0.717, 1.165) is 0 Å². The van der Waals surface area contributed by atoms with E-state index in [1.54, 1.807) is 36.4 Å². The first-order valence-electron chi connectivity index (χ1n) is 9.48. The van der Waals surface area contributed by atoms with Gasteiger partial charge in [-0.1, -0.05) is 38.1 Å². The van der Waals surface area contributed by atoms with E-state index in [4.69, 9.17) is 13.7 Å². The van der Waals surface area contributed by atoms with E-state index in [0.29, 0.717) is 22.8 Å². The molecule has 1 N–H and O–H groups in total. The van der Waals surface area contributed by atoms with Crippen LogP contribution in [0.25, 0.3) is 11.3 Å². The number of ether oxygens (including phenoxy) is 1. The summed E-state index contributed by atoms with van der Waals surface area (Å²) in [4.78, 5) is 23.8. The van der Waals surface area contributed by atoms with Gasteiger partial charge in [0.25, 0.3) is 5.91 Å². The van der Waals surface area contributed by atoms with E-state index in [1.807, 2.05) is 20.8 Å². The molecule has 0 saturated heterocycles. The Morgan fingerprint density at radius 3 is 2.63 bits per heavy atom. The Morgan fingerprint density at radius 2 is 1.93 bits per heavy atom. The number of halogens is 1. The molecule has 7 nitrogen and oxygen atoms in total. The number of aromatic nitrogens is 1. The summed E-state index contributed by atoms with van der Waals surface area (Å²) in [5.74, 6) is -0.368. The van der Waals surface area contributed by atoms with E-state index >= 15 is 0 Å². The lowest BCUT2D eigenvalue weighted by atomic mass is 9.92. The lowest BCUT2D eigenvalue weighted by molar-refractivity contribution is -0.147. The summed E-state index contributed by atoms with van der Waals surface area (Å²) in [7, 11) is 0. The second kappa shape index (κ2) is 8.94. The molecule has 3 rings (SSSR count). The van der Waals surface area contributed by atoms with Gasteiger partial charge in [-0.15, -0.1) is 0 Å². The lowest BCUT2D eigenvalue weighted by Gasteiger charge is -2.12. The van der Waals surface area contributed by atoms with Crippen molar-refractivity contribution in [3.63, 3.8) is 0 Å². The Hall–Kier alpha value is -3.42. The number of anilines is 1. The number of nitrogens with one attached hydrogen (secondary N) is 1. The number of carbonyl (C=O) groups is 2. The van der Waals surface area contributed by atoms with E-state index < -0.39 is 18.5 Å². The standard InChI is InChI=1S/C22H23FN2O5/c1-22(2,3)18-12-20(30-25-18)24-19(26)13-28-21(27)11-9-14-8-10-17(29-14)15-6-4-5-7-16(15)23/h4-8,10,12H,9,11,13H2,1-3H3,(H,24,26). The van der Waals surface area contributed by atoms with Crippen molar-refractivity contribution < 1.29 is 27.7 Å². The first-order chi connectivity index (χ1) is 14.2. The average Bonchev–Trinajstić information content (AvgIpc) is 3.34. The van der Waals surface area contributed by atoms with Crippen LogP contribution in [0.1, 0.15) is 38.6 Å². The van der Waals surface area contributed by atoms with Crippen LogP contribution >= 0.6 is 0 Å². The number of hydrogen-bond acceptors (Lipinski definition) is 6. The van der Waals surface area contributed by atoms with Crippen LogP contribution in [-0.2, 0) is 26.2 Å². The Kier molecular flexibility index (Phi) is 6.34. The maximum absolute atomic E-state index is 13.8. The third-order valence-electron chi connectivity index (χ3n) is 4.28. The van der Waals surface area contributed by atoms with Crippen LogP contribution in [-0.4, -0.2) is 23.6 Å². The third-order valence-corrected chi connectivity index (χ3v) is 4.28. The summed E-state index contributed by atoms with van der Waals surface area (Å²) < 4.78 is 29.4. The lowest BCUT2D eigenvalue weighted by Crippen LogP contribution is -2.20. The minimum Gasteiger partial charge on any atom is -0.461 e. The van der Waals surface area contributed by atoms with Gasteiger partial charge in [-0.2, -0.15) is 0 Å². The second-order valence-corrected chi connectivity index (χ2v) is 7.78. The molecule has 8 heteroatoms. The fourth-order valence-electron chi connectivity index (χ4n) is 2.62. The van der Waals surface area contributed by atoms with Gasteiger partial charge >= 0.3 is 5.97 Å². The molecular weight excluding hydrogens is 391 g/mol. The number of amides is 1. The van der Waals surface area contributed by atoms with Crippen LogP contribution < -0.4 is 5.32 Å². The predicted molar refractivity (Wildman–Crippen MR) is 107 cm³/mol. The fraction of sp³-hybridized carbons (Fsp3) is 0.318. The van der Waals surface area contributed by atoms with Gasteiger partial charge in [-0.05, 0) is 24.3 Å². The number of rotatable bonds is 7. The highest BCUT2D eigenvalue weighted by molar-refractivity contribution is 5.91. The first kappa shape index (κ1) is 21.3. The van der Waals surface area contributed by atoms with Gasteiger partial charge in [0.2, 0.25) is 5.88 Å². The SMILES string of the molecule is CC(C)(C)c1cc(NC(=O)COC(=O)CCc2ccc(-c3ccccc3F)o2)on1. The van der Waals surface area contributed by atoms with Crippen LogP contribution in [0.15, 0.2) is 51.4 Å². The molecule has 0 unspecified atom stereocenters. The fourth-order valence-corrected chi connectivity index (χ4v) is 2.62. The highest BCUT2D eigenvalue weighted by Gasteiger charge is 2.20. The van der Waals surface area contributed by atoms with Gasteiger partial charge in [-0.25, -0.2) is 4.39 Å². The van der Waals surface area contributed by atoms with Crippen LogP contribution in [0.4, 0.5) is 10.3 Å². The van der Waals surface area contributed by atoms with Gasteiger partial charge in [0.1, 0.15) is 17.3 Å².